The maximum Gasteiger partial charge on any atom is 0.231 e. The van der Waals surface area contributed by atoms with Gasteiger partial charge in [-0.15, -0.1) is 0 Å². The van der Waals surface area contributed by atoms with Gasteiger partial charge in [0.1, 0.15) is 11.6 Å². The van der Waals surface area contributed by atoms with E-state index in [2.05, 4.69) is 36.2 Å². The van der Waals surface area contributed by atoms with E-state index in [1.165, 1.54) is 12.1 Å². The second-order valence-electron chi connectivity index (χ2n) is 7.53. The number of rotatable bonds is 8. The topological polar surface area (TPSA) is 86.8 Å². The molecule has 2 heterocycles. The number of halogens is 2. The van der Waals surface area contributed by atoms with Gasteiger partial charge in [-0.1, -0.05) is 11.6 Å². The van der Waals surface area contributed by atoms with Crippen LogP contribution in [0.4, 0.5) is 27.5 Å². The maximum atomic E-state index is 13.1. The van der Waals surface area contributed by atoms with Crippen LogP contribution in [-0.4, -0.2) is 33.2 Å². The van der Waals surface area contributed by atoms with Crippen molar-refractivity contribution >= 4 is 63.0 Å². The van der Waals surface area contributed by atoms with Gasteiger partial charge >= 0.3 is 0 Å². The van der Waals surface area contributed by atoms with E-state index in [1.54, 1.807) is 24.4 Å². The van der Waals surface area contributed by atoms with Gasteiger partial charge < -0.3 is 21.3 Å². The van der Waals surface area contributed by atoms with Crippen molar-refractivity contribution in [1.29, 1.82) is 0 Å². The van der Waals surface area contributed by atoms with E-state index < -0.39 is 0 Å². The van der Waals surface area contributed by atoms with Gasteiger partial charge in [-0.3, -0.25) is 4.98 Å². The van der Waals surface area contributed by atoms with Crippen molar-refractivity contribution in [2.45, 2.75) is 13.3 Å². The highest BCUT2D eigenvalue weighted by atomic mass is 35.5. The number of aromatic nitrogens is 3. The molecular formula is C24H23ClFN7S. The molecule has 0 atom stereocenters. The van der Waals surface area contributed by atoms with Gasteiger partial charge in [0.15, 0.2) is 5.11 Å². The van der Waals surface area contributed by atoms with Crippen molar-refractivity contribution in [1.82, 2.24) is 20.3 Å². The number of benzene rings is 2. The molecule has 0 amide bonds. The van der Waals surface area contributed by atoms with Crippen molar-refractivity contribution in [3.63, 3.8) is 0 Å². The first kappa shape index (κ1) is 23.6. The smallest absolute Gasteiger partial charge is 0.231 e. The van der Waals surface area contributed by atoms with Gasteiger partial charge in [0.2, 0.25) is 5.95 Å². The lowest BCUT2D eigenvalue weighted by Crippen LogP contribution is -2.31. The second-order valence-corrected chi connectivity index (χ2v) is 8.38. The van der Waals surface area contributed by atoms with Gasteiger partial charge in [-0.25, -0.2) is 9.37 Å². The minimum atomic E-state index is -0.294. The Balaban J connectivity index is 1.25. The molecule has 10 heteroatoms. The molecule has 0 aliphatic heterocycles. The summed E-state index contributed by atoms with van der Waals surface area (Å²) in [7, 11) is 0. The number of hydrogen-bond acceptors (Lipinski definition) is 6. The zero-order valence-corrected chi connectivity index (χ0v) is 20.0. The summed E-state index contributed by atoms with van der Waals surface area (Å²) >= 11 is 11.4. The molecule has 0 unspecified atom stereocenters. The summed E-state index contributed by atoms with van der Waals surface area (Å²) in [5.74, 6) is 0.666. The molecule has 0 saturated carbocycles. The van der Waals surface area contributed by atoms with Gasteiger partial charge in [0.25, 0.3) is 0 Å². The van der Waals surface area contributed by atoms with Crippen molar-refractivity contribution < 1.29 is 4.39 Å². The van der Waals surface area contributed by atoms with Crippen molar-refractivity contribution in [3.8, 4) is 0 Å². The zero-order valence-electron chi connectivity index (χ0n) is 18.4. The molecule has 4 N–H and O–H groups in total. The third-order valence-electron chi connectivity index (χ3n) is 4.86. The molecule has 4 aromatic rings. The second kappa shape index (κ2) is 11.0. The van der Waals surface area contributed by atoms with Crippen molar-refractivity contribution in [2.24, 2.45) is 0 Å². The normalized spacial score (nSPS) is 10.7. The Kier molecular flexibility index (Phi) is 7.66. The molecule has 34 heavy (non-hydrogen) atoms. The first-order valence-electron chi connectivity index (χ1n) is 10.7. The molecule has 0 bridgehead atoms. The van der Waals surface area contributed by atoms with E-state index in [-0.39, 0.29) is 5.82 Å². The van der Waals surface area contributed by atoms with Crippen LogP contribution in [0.5, 0.6) is 0 Å². The van der Waals surface area contributed by atoms with Crippen molar-refractivity contribution in [3.05, 3.63) is 77.3 Å². The molecule has 4 rings (SSSR count). The summed E-state index contributed by atoms with van der Waals surface area (Å²) in [5, 5.41) is 14.9. The summed E-state index contributed by atoms with van der Waals surface area (Å²) in [6, 6.07) is 15.5. The third-order valence-corrected chi connectivity index (χ3v) is 5.34. The quantitative estimate of drug-likeness (QED) is 0.184. The first-order chi connectivity index (χ1) is 16.5. The van der Waals surface area contributed by atoms with Crippen LogP contribution >= 0.6 is 23.8 Å². The van der Waals surface area contributed by atoms with Crippen LogP contribution in [0.1, 0.15) is 12.1 Å². The van der Waals surface area contributed by atoms with Crippen LogP contribution in [0.25, 0.3) is 10.9 Å². The number of anilines is 4. The fourth-order valence-corrected chi connectivity index (χ4v) is 3.66. The predicted octanol–water partition coefficient (Wildman–Crippen LogP) is 5.66. The molecule has 0 radical (unpaired) electrons. The predicted molar refractivity (Wildman–Crippen MR) is 141 cm³/mol. The Hall–Kier alpha value is -3.56. The van der Waals surface area contributed by atoms with Crippen LogP contribution in [0.15, 0.2) is 60.8 Å². The van der Waals surface area contributed by atoms with E-state index in [9.17, 15) is 4.39 Å². The Bertz CT molecular complexity index is 1300. The molecule has 0 spiro atoms. The molecule has 2 aromatic heterocycles. The van der Waals surface area contributed by atoms with Gasteiger partial charge in [-0.05, 0) is 74.1 Å². The summed E-state index contributed by atoms with van der Waals surface area (Å²) < 4.78 is 13.1. The highest BCUT2D eigenvalue weighted by Crippen LogP contribution is 2.24. The molecule has 174 valence electrons. The van der Waals surface area contributed by atoms with Crippen LogP contribution < -0.4 is 21.3 Å². The fraction of sp³-hybridized carbons (Fsp3) is 0.167. The standard InChI is InChI=1S/C24H23ClFN7S/c1-15-13-22(31-18-6-4-17(26)5-7-18)32-23(30-15)33-24(34)29-11-2-10-27-20-9-12-28-21-14-16(25)3-8-19(20)21/h3-9,12-14H,2,10-11H2,1H3,(H,27,28)(H3,29,30,31,32,33,34). The number of fused-ring (bicyclic) bond motifs is 1. The molecule has 0 aliphatic rings. The highest BCUT2D eigenvalue weighted by Gasteiger charge is 2.06. The minimum Gasteiger partial charge on any atom is -0.384 e. The lowest BCUT2D eigenvalue weighted by molar-refractivity contribution is 0.628. The van der Waals surface area contributed by atoms with E-state index in [4.69, 9.17) is 23.8 Å². The monoisotopic (exact) mass is 495 g/mol. The molecular weight excluding hydrogens is 473 g/mol. The van der Waals surface area contributed by atoms with E-state index in [1.807, 2.05) is 31.2 Å². The molecule has 0 saturated heterocycles. The number of nitrogens with one attached hydrogen (secondary N) is 4. The average molecular weight is 496 g/mol. The number of aryl methyl sites for hydroxylation is 1. The van der Waals surface area contributed by atoms with Crippen LogP contribution in [-0.2, 0) is 0 Å². The van der Waals surface area contributed by atoms with E-state index >= 15 is 0 Å². The van der Waals surface area contributed by atoms with Gasteiger partial charge in [0.05, 0.1) is 5.52 Å². The van der Waals surface area contributed by atoms with Gasteiger partial charge in [-0.2, -0.15) is 4.98 Å². The first-order valence-corrected chi connectivity index (χ1v) is 11.5. The van der Waals surface area contributed by atoms with Crippen LogP contribution in [0.2, 0.25) is 5.02 Å². The number of pyridine rings is 1. The summed E-state index contributed by atoms with van der Waals surface area (Å²) in [4.78, 5) is 13.2. The minimum absolute atomic E-state index is 0.294. The molecule has 0 fully saturated rings. The van der Waals surface area contributed by atoms with Crippen LogP contribution in [0, 0.1) is 12.7 Å². The van der Waals surface area contributed by atoms with Crippen molar-refractivity contribution in [2.75, 3.05) is 29.0 Å². The SMILES string of the molecule is Cc1cc(Nc2ccc(F)cc2)nc(NC(=S)NCCCNc2ccnc3cc(Cl)ccc23)n1. The lowest BCUT2D eigenvalue weighted by atomic mass is 10.2. The Morgan fingerprint density at radius 2 is 1.85 bits per heavy atom. The third kappa shape index (κ3) is 6.49. The van der Waals surface area contributed by atoms with Crippen LogP contribution in [0.3, 0.4) is 0 Å². The molecule has 0 aliphatic carbocycles. The van der Waals surface area contributed by atoms with Gasteiger partial charge in [0, 0.05) is 52.8 Å². The maximum absolute atomic E-state index is 13.1. The number of hydrogen-bond donors (Lipinski definition) is 4. The largest absolute Gasteiger partial charge is 0.384 e. The number of thiocarbonyl (C=S) groups is 1. The summed E-state index contributed by atoms with van der Waals surface area (Å²) in [6.07, 6.45) is 2.60. The number of nitrogens with zero attached hydrogens (tertiary/aromatic N) is 3. The summed E-state index contributed by atoms with van der Waals surface area (Å²) in [5.41, 5.74) is 3.35. The van der Waals surface area contributed by atoms with E-state index in [0.717, 1.165) is 40.9 Å². The average Bonchev–Trinajstić information content (AvgIpc) is 2.80. The molecule has 7 nitrogen and oxygen atoms in total. The Morgan fingerprint density at radius 1 is 1.03 bits per heavy atom. The zero-order chi connectivity index (χ0) is 23.9. The lowest BCUT2D eigenvalue weighted by Gasteiger charge is -2.13. The Morgan fingerprint density at radius 3 is 2.68 bits per heavy atom. The summed E-state index contributed by atoms with van der Waals surface area (Å²) in [6.45, 7) is 3.28. The fourth-order valence-electron chi connectivity index (χ4n) is 3.30. The highest BCUT2D eigenvalue weighted by molar-refractivity contribution is 7.80. The van der Waals surface area contributed by atoms with E-state index in [0.29, 0.717) is 28.4 Å². The molecule has 2 aromatic carbocycles. The Labute approximate surface area is 207 Å².